The van der Waals surface area contributed by atoms with Crippen LogP contribution in [0.15, 0.2) is 48.5 Å². The fourth-order valence-corrected chi connectivity index (χ4v) is 3.94. The second-order valence-electron chi connectivity index (χ2n) is 7.50. The van der Waals surface area contributed by atoms with Crippen LogP contribution in [-0.4, -0.2) is 56.5 Å². The Hall–Kier alpha value is -2.87. The zero-order chi connectivity index (χ0) is 23.1. The van der Waals surface area contributed by atoms with Gasteiger partial charge in [-0.05, 0) is 37.3 Å². The summed E-state index contributed by atoms with van der Waals surface area (Å²) in [5, 5.41) is 3.00. The van der Waals surface area contributed by atoms with Crippen LogP contribution in [0.25, 0.3) is 0 Å². The van der Waals surface area contributed by atoms with Crippen molar-refractivity contribution in [2.75, 3.05) is 54.0 Å². The lowest BCUT2D eigenvalue weighted by Crippen LogP contribution is -2.46. The molecule has 32 heavy (non-hydrogen) atoms. The summed E-state index contributed by atoms with van der Waals surface area (Å²) in [6, 6.07) is 15.2. The molecule has 2 heterocycles. The number of benzene rings is 2. The Kier molecular flexibility index (Phi) is 8.27. The largest absolute Gasteiger partial charge is 0.442 e. The summed E-state index contributed by atoms with van der Waals surface area (Å²) in [5.41, 5.74) is 2.26. The molecule has 0 radical (unpaired) electrons. The molecular formula is C24H31FN4O2S. The number of piperazine rings is 1. The molecule has 0 aromatic heterocycles. The van der Waals surface area contributed by atoms with E-state index in [1.165, 1.54) is 16.7 Å². The molecular weight excluding hydrogens is 427 g/mol. The van der Waals surface area contributed by atoms with Crippen molar-refractivity contribution in [3.05, 3.63) is 54.3 Å². The first-order valence-corrected chi connectivity index (χ1v) is 11.5. The summed E-state index contributed by atoms with van der Waals surface area (Å²) in [7, 11) is 0. The van der Waals surface area contributed by atoms with Gasteiger partial charge in [0.2, 0.25) is 0 Å². The van der Waals surface area contributed by atoms with Gasteiger partial charge in [0.15, 0.2) is 0 Å². The molecule has 172 valence electrons. The number of hydrogen-bond acceptors (Lipinski definition) is 5. The molecule has 2 saturated heterocycles. The monoisotopic (exact) mass is 458 g/mol. The number of ether oxygens (including phenoxy) is 1. The van der Waals surface area contributed by atoms with Crippen molar-refractivity contribution in [2.24, 2.45) is 0 Å². The molecule has 2 aromatic carbocycles. The summed E-state index contributed by atoms with van der Waals surface area (Å²) >= 11 is 4.99. The van der Waals surface area contributed by atoms with E-state index in [1.807, 2.05) is 32.0 Å². The standard InChI is InChI=1S/C22H25FN4O2S.C2H6/c1-16(30)24-14-19-15-27(22(28)29-19)18-7-8-21(20(23)13-18)26-11-9-25(10-12-26)17-5-3-2-4-6-17;1-2/h2-8,13,19H,9-12,14-15H2,1H3,(H,24,30);1-2H3. The Bertz CT molecular complexity index is 919. The van der Waals surface area contributed by atoms with Gasteiger partial charge in [-0.1, -0.05) is 44.3 Å². The average molecular weight is 459 g/mol. The summed E-state index contributed by atoms with van der Waals surface area (Å²) in [4.78, 5) is 18.7. The summed E-state index contributed by atoms with van der Waals surface area (Å²) in [6.07, 6.45) is -0.781. The number of carbonyl (C=O) groups is 1. The molecule has 1 atom stereocenters. The van der Waals surface area contributed by atoms with E-state index in [4.69, 9.17) is 17.0 Å². The Labute approximate surface area is 194 Å². The van der Waals surface area contributed by atoms with Gasteiger partial charge < -0.3 is 19.9 Å². The number of cyclic esters (lactones) is 1. The Morgan fingerprint density at radius 3 is 2.34 bits per heavy atom. The number of nitrogens with one attached hydrogen (secondary N) is 1. The first-order chi connectivity index (χ1) is 15.5. The van der Waals surface area contributed by atoms with E-state index in [0.717, 1.165) is 26.2 Å². The van der Waals surface area contributed by atoms with Crippen LogP contribution in [-0.2, 0) is 4.74 Å². The van der Waals surface area contributed by atoms with Gasteiger partial charge in [-0.25, -0.2) is 9.18 Å². The van der Waals surface area contributed by atoms with E-state index in [1.54, 1.807) is 19.1 Å². The van der Waals surface area contributed by atoms with Crippen molar-refractivity contribution in [3.63, 3.8) is 0 Å². The molecule has 0 spiro atoms. The third-order valence-corrected chi connectivity index (χ3v) is 5.58. The van der Waals surface area contributed by atoms with Gasteiger partial charge in [-0.15, -0.1) is 0 Å². The van der Waals surface area contributed by atoms with E-state index < -0.39 is 6.09 Å². The number of nitrogens with zero attached hydrogens (tertiary/aromatic N) is 3. The fourth-order valence-electron chi connectivity index (χ4n) is 3.86. The van der Waals surface area contributed by atoms with Crippen molar-refractivity contribution in [3.8, 4) is 0 Å². The SMILES string of the molecule is CC.CC(=S)NCC1CN(c2ccc(N3CCN(c4ccccc4)CC3)c(F)c2)C(=O)O1. The molecule has 8 heteroatoms. The second kappa shape index (κ2) is 11.1. The molecule has 2 aliphatic heterocycles. The van der Waals surface area contributed by atoms with Crippen LogP contribution in [0, 0.1) is 5.82 Å². The molecule has 0 saturated carbocycles. The summed E-state index contributed by atoms with van der Waals surface area (Å²) in [6.45, 7) is 9.73. The number of halogens is 1. The number of carbonyl (C=O) groups excluding carboxylic acids is 1. The molecule has 0 aliphatic carbocycles. The molecule has 2 fully saturated rings. The first-order valence-electron chi connectivity index (χ1n) is 11.1. The van der Waals surface area contributed by atoms with Gasteiger partial charge >= 0.3 is 6.09 Å². The maximum atomic E-state index is 14.9. The Morgan fingerprint density at radius 1 is 1.06 bits per heavy atom. The fraction of sp³-hybridized carbons (Fsp3) is 0.417. The van der Waals surface area contributed by atoms with Crippen LogP contribution in [0.5, 0.6) is 0 Å². The maximum absolute atomic E-state index is 14.9. The predicted molar refractivity (Wildman–Crippen MR) is 133 cm³/mol. The van der Waals surface area contributed by atoms with Crippen molar-refractivity contribution < 1.29 is 13.9 Å². The van der Waals surface area contributed by atoms with E-state index in [-0.39, 0.29) is 11.9 Å². The van der Waals surface area contributed by atoms with E-state index in [2.05, 4.69) is 27.2 Å². The van der Waals surface area contributed by atoms with Gasteiger partial charge in [-0.3, -0.25) is 4.90 Å². The number of thiocarbonyl (C=S) groups is 1. The van der Waals surface area contributed by atoms with Crippen molar-refractivity contribution in [1.29, 1.82) is 0 Å². The zero-order valence-electron chi connectivity index (χ0n) is 18.9. The molecule has 2 aromatic rings. The average Bonchev–Trinajstić information content (AvgIpc) is 3.20. The van der Waals surface area contributed by atoms with Crippen LogP contribution in [0.2, 0.25) is 0 Å². The van der Waals surface area contributed by atoms with E-state index in [9.17, 15) is 9.18 Å². The maximum Gasteiger partial charge on any atom is 0.414 e. The number of hydrogen-bond donors (Lipinski definition) is 1. The van der Waals surface area contributed by atoms with Crippen LogP contribution in [0.1, 0.15) is 20.8 Å². The summed E-state index contributed by atoms with van der Waals surface area (Å²) < 4.78 is 20.3. The van der Waals surface area contributed by atoms with Crippen LogP contribution >= 0.6 is 12.2 Å². The highest BCUT2D eigenvalue weighted by atomic mass is 32.1. The molecule has 6 nitrogen and oxygen atoms in total. The smallest absolute Gasteiger partial charge is 0.414 e. The van der Waals surface area contributed by atoms with Gasteiger partial charge in [0.05, 0.1) is 29.5 Å². The van der Waals surface area contributed by atoms with Crippen molar-refractivity contribution in [2.45, 2.75) is 26.9 Å². The quantitative estimate of drug-likeness (QED) is 0.669. The highest BCUT2D eigenvalue weighted by Crippen LogP contribution is 2.29. The Morgan fingerprint density at radius 2 is 1.72 bits per heavy atom. The zero-order valence-corrected chi connectivity index (χ0v) is 19.7. The highest BCUT2D eigenvalue weighted by Gasteiger charge is 2.33. The molecule has 4 rings (SSSR count). The second-order valence-corrected chi connectivity index (χ2v) is 8.11. The number of rotatable bonds is 5. The molecule has 1 amide bonds. The highest BCUT2D eigenvalue weighted by molar-refractivity contribution is 7.80. The van der Waals surface area contributed by atoms with Gasteiger partial charge in [-0.2, -0.15) is 0 Å². The topological polar surface area (TPSA) is 48.0 Å². The van der Waals surface area contributed by atoms with E-state index in [0.29, 0.717) is 29.5 Å². The van der Waals surface area contributed by atoms with Crippen LogP contribution < -0.4 is 20.0 Å². The minimum absolute atomic E-state index is 0.316. The third kappa shape index (κ3) is 5.68. The molecule has 0 bridgehead atoms. The lowest BCUT2D eigenvalue weighted by molar-refractivity contribution is 0.143. The lowest BCUT2D eigenvalue weighted by Gasteiger charge is -2.37. The van der Waals surface area contributed by atoms with Crippen LogP contribution in [0.3, 0.4) is 0 Å². The normalized spacial score (nSPS) is 18.1. The summed E-state index contributed by atoms with van der Waals surface area (Å²) in [5.74, 6) is -0.329. The van der Waals surface area contributed by atoms with Crippen LogP contribution in [0.4, 0.5) is 26.2 Å². The van der Waals surface area contributed by atoms with Gasteiger partial charge in [0.25, 0.3) is 0 Å². The number of anilines is 3. The minimum atomic E-state index is -0.465. The lowest BCUT2D eigenvalue weighted by atomic mass is 10.2. The first kappa shape index (κ1) is 23.8. The molecule has 1 N–H and O–H groups in total. The van der Waals surface area contributed by atoms with Gasteiger partial charge in [0.1, 0.15) is 11.9 Å². The number of para-hydroxylation sites is 1. The number of amides is 1. The predicted octanol–water partition coefficient (Wildman–Crippen LogP) is 4.44. The molecule has 1 unspecified atom stereocenters. The van der Waals surface area contributed by atoms with Gasteiger partial charge in [0, 0.05) is 31.9 Å². The van der Waals surface area contributed by atoms with Crippen molar-refractivity contribution >= 4 is 40.4 Å². The van der Waals surface area contributed by atoms with E-state index >= 15 is 0 Å². The molecule has 2 aliphatic rings. The Balaban J connectivity index is 0.00000141. The minimum Gasteiger partial charge on any atom is -0.442 e. The van der Waals surface area contributed by atoms with Crippen molar-refractivity contribution in [1.82, 2.24) is 5.32 Å². The third-order valence-electron chi connectivity index (χ3n) is 5.44.